The monoisotopic (exact) mass is 298 g/mol. The molecule has 0 bridgehead atoms. The molecule has 21 heavy (non-hydrogen) atoms. The summed E-state index contributed by atoms with van der Waals surface area (Å²) in [5, 5.41) is 0. The fourth-order valence-electron chi connectivity index (χ4n) is 2.24. The van der Waals surface area contributed by atoms with E-state index in [4.69, 9.17) is 15.2 Å². The van der Waals surface area contributed by atoms with Crippen molar-refractivity contribution in [2.45, 2.75) is 26.8 Å². The lowest BCUT2D eigenvalue weighted by Gasteiger charge is -2.28. The lowest BCUT2D eigenvalue weighted by molar-refractivity contribution is 0.141. The third-order valence-corrected chi connectivity index (χ3v) is 3.25. The van der Waals surface area contributed by atoms with E-state index in [1.54, 1.807) is 13.0 Å². The molecule has 0 aromatic heterocycles. The zero-order chi connectivity index (χ0) is 15.7. The number of rotatable bonds is 10. The fraction of sp³-hybridized carbons (Fsp3) is 0.625. The van der Waals surface area contributed by atoms with Gasteiger partial charge in [0.1, 0.15) is 5.82 Å². The van der Waals surface area contributed by atoms with Gasteiger partial charge in [-0.05, 0) is 32.9 Å². The van der Waals surface area contributed by atoms with Crippen LogP contribution in [0.5, 0.6) is 0 Å². The molecule has 1 atom stereocenters. The Morgan fingerprint density at radius 1 is 1.14 bits per heavy atom. The van der Waals surface area contributed by atoms with Crippen LogP contribution in [-0.2, 0) is 9.47 Å². The van der Waals surface area contributed by atoms with Crippen molar-refractivity contribution in [3.63, 3.8) is 0 Å². The van der Waals surface area contributed by atoms with E-state index >= 15 is 0 Å². The highest BCUT2D eigenvalue weighted by Crippen LogP contribution is 2.27. The molecule has 1 rings (SSSR count). The summed E-state index contributed by atoms with van der Waals surface area (Å²) >= 11 is 0. The number of hydrogen-bond acceptors (Lipinski definition) is 4. The van der Waals surface area contributed by atoms with E-state index in [-0.39, 0.29) is 11.9 Å². The van der Waals surface area contributed by atoms with Gasteiger partial charge >= 0.3 is 0 Å². The van der Waals surface area contributed by atoms with Gasteiger partial charge in [-0.1, -0.05) is 6.07 Å². The molecule has 2 N–H and O–H groups in total. The van der Waals surface area contributed by atoms with Crippen LogP contribution in [0.4, 0.5) is 10.1 Å². The molecule has 0 saturated heterocycles. The maximum Gasteiger partial charge on any atom is 0.130 e. The van der Waals surface area contributed by atoms with E-state index in [2.05, 4.69) is 4.90 Å². The van der Waals surface area contributed by atoms with Crippen molar-refractivity contribution < 1.29 is 13.9 Å². The Hall–Kier alpha value is -1.17. The minimum Gasteiger partial charge on any atom is -0.380 e. The average molecular weight is 298 g/mol. The minimum atomic E-state index is -0.358. The van der Waals surface area contributed by atoms with E-state index in [9.17, 15) is 4.39 Å². The van der Waals surface area contributed by atoms with Crippen molar-refractivity contribution in [3.05, 3.63) is 29.6 Å². The van der Waals surface area contributed by atoms with Crippen LogP contribution in [-0.4, -0.2) is 39.5 Å². The average Bonchev–Trinajstić information content (AvgIpc) is 2.45. The topological polar surface area (TPSA) is 47.7 Å². The van der Waals surface area contributed by atoms with Crippen LogP contribution in [0.2, 0.25) is 0 Å². The molecule has 1 aromatic carbocycles. The molecule has 1 aromatic rings. The van der Waals surface area contributed by atoms with Crippen LogP contribution < -0.4 is 10.6 Å². The van der Waals surface area contributed by atoms with E-state index in [1.165, 1.54) is 6.07 Å². The summed E-state index contributed by atoms with van der Waals surface area (Å²) < 4.78 is 24.9. The first-order valence-corrected chi connectivity index (χ1v) is 7.56. The van der Waals surface area contributed by atoms with Crippen LogP contribution in [0.3, 0.4) is 0 Å². The zero-order valence-electron chi connectivity index (χ0n) is 13.3. The van der Waals surface area contributed by atoms with Gasteiger partial charge in [0.05, 0.1) is 13.2 Å². The van der Waals surface area contributed by atoms with E-state index in [0.717, 1.165) is 5.69 Å². The third kappa shape index (κ3) is 5.61. The lowest BCUT2D eigenvalue weighted by atomic mass is 10.0. The molecule has 0 unspecified atom stereocenters. The predicted molar refractivity (Wildman–Crippen MR) is 84.2 cm³/mol. The van der Waals surface area contributed by atoms with Gasteiger partial charge in [-0.15, -0.1) is 0 Å². The number of ether oxygens (including phenoxy) is 2. The smallest absolute Gasteiger partial charge is 0.130 e. The highest BCUT2D eigenvalue weighted by molar-refractivity contribution is 5.55. The maximum atomic E-state index is 14.1. The van der Waals surface area contributed by atoms with Gasteiger partial charge in [0.25, 0.3) is 0 Å². The van der Waals surface area contributed by atoms with Gasteiger partial charge in [-0.25, -0.2) is 4.39 Å². The zero-order valence-corrected chi connectivity index (χ0v) is 13.3. The highest BCUT2D eigenvalue weighted by Gasteiger charge is 2.17. The van der Waals surface area contributed by atoms with Crippen LogP contribution >= 0.6 is 0 Å². The molecule has 5 heteroatoms. The number of benzene rings is 1. The van der Waals surface area contributed by atoms with Gasteiger partial charge in [0, 0.05) is 43.6 Å². The molecule has 4 nitrogen and oxygen atoms in total. The van der Waals surface area contributed by atoms with Gasteiger partial charge in [0.2, 0.25) is 0 Å². The maximum absolute atomic E-state index is 14.1. The molecular formula is C16H27FN2O2. The lowest BCUT2D eigenvalue weighted by Crippen LogP contribution is -2.32. The Labute approximate surface area is 127 Å². The van der Waals surface area contributed by atoms with E-state index in [1.807, 2.05) is 19.9 Å². The molecule has 0 aliphatic carbocycles. The molecular weight excluding hydrogens is 271 g/mol. The van der Waals surface area contributed by atoms with Crippen molar-refractivity contribution in [2.24, 2.45) is 5.73 Å². The Bertz CT molecular complexity index is 403. The number of hydrogen-bond donors (Lipinski definition) is 1. The first-order chi connectivity index (χ1) is 10.1. The van der Waals surface area contributed by atoms with E-state index < -0.39 is 0 Å². The molecule has 0 aliphatic rings. The first-order valence-electron chi connectivity index (χ1n) is 7.56. The van der Waals surface area contributed by atoms with Crippen molar-refractivity contribution in [1.29, 1.82) is 0 Å². The summed E-state index contributed by atoms with van der Waals surface area (Å²) in [6.07, 6.45) is 0. The predicted octanol–water partition coefficient (Wildman–Crippen LogP) is 2.72. The molecule has 0 amide bonds. The van der Waals surface area contributed by atoms with Crippen molar-refractivity contribution in [2.75, 3.05) is 44.4 Å². The summed E-state index contributed by atoms with van der Waals surface area (Å²) in [7, 11) is 0. The normalized spacial score (nSPS) is 12.4. The second kappa shape index (κ2) is 9.71. The van der Waals surface area contributed by atoms with Gasteiger partial charge < -0.3 is 20.1 Å². The molecule has 0 aliphatic heterocycles. The molecule has 0 fully saturated rings. The fourth-order valence-corrected chi connectivity index (χ4v) is 2.24. The third-order valence-electron chi connectivity index (χ3n) is 3.25. The summed E-state index contributed by atoms with van der Waals surface area (Å²) in [6, 6.07) is 4.71. The Morgan fingerprint density at radius 2 is 1.71 bits per heavy atom. The molecule has 0 radical (unpaired) electrons. The number of anilines is 1. The second-order valence-electron chi connectivity index (χ2n) is 4.84. The number of nitrogens with two attached hydrogens (primary N) is 1. The van der Waals surface area contributed by atoms with Gasteiger partial charge in [-0.2, -0.15) is 0 Å². The quantitative estimate of drug-likeness (QED) is 0.675. The Balaban J connectivity index is 2.92. The number of halogens is 1. The molecule has 0 saturated carbocycles. The van der Waals surface area contributed by atoms with Crippen molar-refractivity contribution in [3.8, 4) is 0 Å². The standard InChI is InChI=1S/C16H27FN2O2/c1-4-20-11-9-19(10-12-21-5-2)15-8-6-7-14(17)16(15)13(3)18/h6-8,13H,4-5,9-12,18H2,1-3H3/t13-/m0/s1. The summed E-state index contributed by atoms with van der Waals surface area (Å²) in [4.78, 5) is 2.08. The van der Waals surface area contributed by atoms with Gasteiger partial charge in [-0.3, -0.25) is 0 Å². The Kier molecular flexibility index (Phi) is 8.27. The largest absolute Gasteiger partial charge is 0.380 e. The van der Waals surface area contributed by atoms with Crippen LogP contribution in [0, 0.1) is 5.82 Å². The molecule has 0 spiro atoms. The molecule has 0 heterocycles. The van der Waals surface area contributed by atoms with Crippen LogP contribution in [0.25, 0.3) is 0 Å². The number of nitrogens with zero attached hydrogens (tertiary/aromatic N) is 1. The Morgan fingerprint density at radius 3 is 2.19 bits per heavy atom. The van der Waals surface area contributed by atoms with Crippen LogP contribution in [0.1, 0.15) is 32.4 Å². The van der Waals surface area contributed by atoms with Crippen molar-refractivity contribution in [1.82, 2.24) is 0 Å². The SMILES string of the molecule is CCOCCN(CCOCC)c1cccc(F)c1[C@H](C)N. The van der Waals surface area contributed by atoms with Gasteiger partial charge in [0.15, 0.2) is 0 Å². The van der Waals surface area contributed by atoms with Crippen molar-refractivity contribution >= 4 is 5.69 Å². The van der Waals surface area contributed by atoms with E-state index in [0.29, 0.717) is 45.1 Å². The highest BCUT2D eigenvalue weighted by atomic mass is 19.1. The molecule has 120 valence electrons. The first kappa shape index (κ1) is 17.9. The minimum absolute atomic E-state index is 0.264. The summed E-state index contributed by atoms with van der Waals surface area (Å²) in [5.74, 6) is -0.264. The second-order valence-corrected chi connectivity index (χ2v) is 4.84. The van der Waals surface area contributed by atoms with Crippen LogP contribution in [0.15, 0.2) is 18.2 Å². The summed E-state index contributed by atoms with van der Waals surface area (Å²) in [5.41, 5.74) is 7.30. The summed E-state index contributed by atoms with van der Waals surface area (Å²) in [6.45, 7) is 9.61.